The molecule has 3 rings (SSSR count). The van der Waals surface area contributed by atoms with E-state index in [-0.39, 0.29) is 0 Å². The zero-order valence-corrected chi connectivity index (χ0v) is 11.0. The Kier molecular flexibility index (Phi) is 2.79. The van der Waals surface area contributed by atoms with Gasteiger partial charge in [-0.2, -0.15) is 5.26 Å². The molecule has 0 saturated heterocycles. The molecule has 19 heavy (non-hydrogen) atoms. The molecule has 2 bridgehead atoms. The van der Waals surface area contributed by atoms with E-state index in [1.165, 1.54) is 0 Å². The summed E-state index contributed by atoms with van der Waals surface area (Å²) in [4.78, 5) is 0. The number of nitrogens with zero attached hydrogens (tertiary/aromatic N) is 1. The van der Waals surface area contributed by atoms with Gasteiger partial charge in [0.1, 0.15) is 0 Å². The average Bonchev–Trinajstić information content (AvgIpc) is 3.06. The molecule has 0 spiro atoms. The SMILES string of the molecule is COc1ccc(C2=C(C#N)C3C=CC2C3)cc1OC. The van der Waals surface area contributed by atoms with E-state index < -0.39 is 0 Å². The maximum atomic E-state index is 9.35. The summed E-state index contributed by atoms with van der Waals surface area (Å²) < 4.78 is 10.6. The maximum Gasteiger partial charge on any atom is 0.161 e. The molecular formula is C16H15NO2. The van der Waals surface area contributed by atoms with Gasteiger partial charge in [0.2, 0.25) is 0 Å². The van der Waals surface area contributed by atoms with E-state index in [4.69, 9.17) is 9.47 Å². The van der Waals surface area contributed by atoms with Gasteiger partial charge in [0.05, 0.1) is 20.3 Å². The molecule has 0 aliphatic heterocycles. The predicted octanol–water partition coefficient (Wildman–Crippen LogP) is 3.19. The summed E-state index contributed by atoms with van der Waals surface area (Å²) in [6, 6.07) is 8.22. The third-order valence-corrected chi connectivity index (χ3v) is 3.93. The Bertz CT molecular complexity index is 622. The van der Waals surface area contributed by atoms with Crippen LogP contribution in [0.15, 0.2) is 35.9 Å². The van der Waals surface area contributed by atoms with Crippen LogP contribution < -0.4 is 9.47 Å². The van der Waals surface area contributed by atoms with Crippen LogP contribution in [0.5, 0.6) is 11.5 Å². The summed E-state index contributed by atoms with van der Waals surface area (Å²) in [6.07, 6.45) is 5.39. The van der Waals surface area contributed by atoms with Crippen molar-refractivity contribution in [2.24, 2.45) is 11.8 Å². The van der Waals surface area contributed by atoms with E-state index in [2.05, 4.69) is 18.2 Å². The molecule has 2 unspecified atom stereocenters. The summed E-state index contributed by atoms with van der Waals surface area (Å²) >= 11 is 0. The number of rotatable bonds is 3. The number of ether oxygens (including phenoxy) is 2. The smallest absolute Gasteiger partial charge is 0.161 e. The van der Waals surface area contributed by atoms with Gasteiger partial charge in [-0.05, 0) is 29.7 Å². The van der Waals surface area contributed by atoms with E-state index in [0.717, 1.165) is 23.1 Å². The van der Waals surface area contributed by atoms with Crippen LogP contribution in [0, 0.1) is 23.2 Å². The van der Waals surface area contributed by atoms with Crippen LogP contribution in [0.3, 0.4) is 0 Å². The minimum Gasteiger partial charge on any atom is -0.493 e. The molecule has 0 amide bonds. The van der Waals surface area contributed by atoms with Crippen molar-refractivity contribution in [3.63, 3.8) is 0 Å². The van der Waals surface area contributed by atoms with Gasteiger partial charge in [-0.1, -0.05) is 18.2 Å². The molecule has 0 fully saturated rings. The topological polar surface area (TPSA) is 42.2 Å². The summed E-state index contributed by atoms with van der Waals surface area (Å²) in [7, 11) is 3.25. The van der Waals surface area contributed by atoms with E-state index >= 15 is 0 Å². The number of methoxy groups -OCH3 is 2. The first-order chi connectivity index (χ1) is 9.28. The van der Waals surface area contributed by atoms with E-state index in [0.29, 0.717) is 23.3 Å². The van der Waals surface area contributed by atoms with Crippen LogP contribution in [0.25, 0.3) is 5.57 Å². The number of hydrogen-bond acceptors (Lipinski definition) is 3. The Labute approximate surface area is 112 Å². The third-order valence-electron chi connectivity index (χ3n) is 3.93. The van der Waals surface area contributed by atoms with Gasteiger partial charge in [0.15, 0.2) is 11.5 Å². The Hall–Kier alpha value is -2.21. The standard InChI is InChI=1S/C16H15NO2/c1-18-14-6-5-12(8-15(14)19-2)16-11-4-3-10(7-11)13(16)9-17/h3-6,8,10-11H,7H2,1-2H3. The van der Waals surface area contributed by atoms with Crippen molar-refractivity contribution in [2.75, 3.05) is 14.2 Å². The molecule has 2 atom stereocenters. The first-order valence-corrected chi connectivity index (χ1v) is 6.33. The number of benzene rings is 1. The molecule has 2 aliphatic carbocycles. The molecule has 3 nitrogen and oxygen atoms in total. The highest BCUT2D eigenvalue weighted by atomic mass is 16.5. The minimum absolute atomic E-state index is 0.304. The maximum absolute atomic E-state index is 9.35. The Morgan fingerprint density at radius 2 is 1.84 bits per heavy atom. The van der Waals surface area contributed by atoms with Crippen LogP contribution in [-0.2, 0) is 0 Å². The first kappa shape index (κ1) is 11.9. The summed E-state index contributed by atoms with van der Waals surface area (Å²) in [5, 5.41) is 9.35. The highest BCUT2D eigenvalue weighted by Gasteiger charge is 2.36. The molecule has 2 aliphatic rings. The first-order valence-electron chi connectivity index (χ1n) is 6.33. The number of allylic oxidation sites excluding steroid dienone is 4. The monoisotopic (exact) mass is 253 g/mol. The summed E-state index contributed by atoms with van der Waals surface area (Å²) in [5.41, 5.74) is 3.11. The fraction of sp³-hybridized carbons (Fsp3) is 0.312. The highest BCUT2D eigenvalue weighted by Crippen LogP contribution is 2.49. The van der Waals surface area contributed by atoms with Crippen LogP contribution in [0.4, 0.5) is 0 Å². The molecule has 0 aromatic heterocycles. The molecule has 0 saturated carbocycles. The van der Waals surface area contributed by atoms with E-state index in [9.17, 15) is 5.26 Å². The van der Waals surface area contributed by atoms with E-state index in [1.807, 2.05) is 18.2 Å². The van der Waals surface area contributed by atoms with Gasteiger partial charge < -0.3 is 9.47 Å². The van der Waals surface area contributed by atoms with Crippen molar-refractivity contribution in [3.8, 4) is 17.6 Å². The molecule has 0 heterocycles. The van der Waals surface area contributed by atoms with Gasteiger partial charge >= 0.3 is 0 Å². The zero-order chi connectivity index (χ0) is 13.4. The quantitative estimate of drug-likeness (QED) is 0.777. The second-order valence-electron chi connectivity index (χ2n) is 4.84. The lowest BCUT2D eigenvalue weighted by Gasteiger charge is -2.15. The van der Waals surface area contributed by atoms with Gasteiger partial charge in [-0.15, -0.1) is 0 Å². The fourth-order valence-electron chi connectivity index (χ4n) is 3.04. The normalized spacial score (nSPS) is 23.6. The number of hydrogen-bond donors (Lipinski definition) is 0. The number of nitriles is 1. The molecule has 3 heteroatoms. The highest BCUT2D eigenvalue weighted by molar-refractivity contribution is 5.80. The van der Waals surface area contributed by atoms with Gasteiger partial charge in [-0.3, -0.25) is 0 Å². The molecule has 1 aromatic carbocycles. The molecule has 1 aromatic rings. The zero-order valence-electron chi connectivity index (χ0n) is 11.0. The third kappa shape index (κ3) is 1.72. The van der Waals surface area contributed by atoms with Crippen molar-refractivity contribution in [1.29, 1.82) is 5.26 Å². The molecule has 0 radical (unpaired) electrons. The average molecular weight is 253 g/mol. The van der Waals surface area contributed by atoms with Crippen LogP contribution in [-0.4, -0.2) is 14.2 Å². The van der Waals surface area contributed by atoms with Crippen molar-refractivity contribution >= 4 is 5.57 Å². The molecule has 0 N–H and O–H groups in total. The minimum atomic E-state index is 0.304. The second-order valence-corrected chi connectivity index (χ2v) is 4.84. The van der Waals surface area contributed by atoms with E-state index in [1.54, 1.807) is 14.2 Å². The van der Waals surface area contributed by atoms with Crippen molar-refractivity contribution in [1.82, 2.24) is 0 Å². The molecular weight excluding hydrogens is 238 g/mol. The predicted molar refractivity (Wildman–Crippen MR) is 72.8 cm³/mol. The molecule has 96 valence electrons. The Morgan fingerprint density at radius 1 is 1.11 bits per heavy atom. The largest absolute Gasteiger partial charge is 0.493 e. The lowest BCUT2D eigenvalue weighted by atomic mass is 9.91. The Morgan fingerprint density at radius 3 is 2.53 bits per heavy atom. The van der Waals surface area contributed by atoms with Crippen LogP contribution >= 0.6 is 0 Å². The Balaban J connectivity index is 2.08. The van der Waals surface area contributed by atoms with Crippen molar-refractivity contribution < 1.29 is 9.47 Å². The fourth-order valence-corrected chi connectivity index (χ4v) is 3.04. The van der Waals surface area contributed by atoms with Gasteiger partial charge in [-0.25, -0.2) is 0 Å². The lowest BCUT2D eigenvalue weighted by Crippen LogP contribution is -1.98. The second kappa shape index (κ2) is 4.47. The lowest BCUT2D eigenvalue weighted by molar-refractivity contribution is 0.355. The van der Waals surface area contributed by atoms with Crippen LogP contribution in [0.1, 0.15) is 12.0 Å². The van der Waals surface area contributed by atoms with Gasteiger partial charge in [0.25, 0.3) is 0 Å². The summed E-state index contributed by atoms with van der Waals surface area (Å²) in [6.45, 7) is 0. The van der Waals surface area contributed by atoms with Crippen molar-refractivity contribution in [2.45, 2.75) is 6.42 Å². The van der Waals surface area contributed by atoms with Crippen LogP contribution in [0.2, 0.25) is 0 Å². The van der Waals surface area contributed by atoms with Crippen molar-refractivity contribution in [3.05, 3.63) is 41.5 Å². The summed E-state index contributed by atoms with van der Waals surface area (Å²) in [5.74, 6) is 2.09. The van der Waals surface area contributed by atoms with Gasteiger partial charge in [0, 0.05) is 17.4 Å². The number of fused-ring (bicyclic) bond motifs is 2.